The number of nitrogens with zero attached hydrogens (tertiary/aromatic N) is 3. The molecule has 3 rings (SSSR count). The SMILES string of the molecule is Cc1cccc(Nc2n[nH]c(SCc3ccccn3)n2)c1. The summed E-state index contributed by atoms with van der Waals surface area (Å²) < 4.78 is 0. The normalized spacial score (nSPS) is 10.5. The van der Waals surface area contributed by atoms with Gasteiger partial charge in [-0.3, -0.25) is 10.1 Å². The fraction of sp³-hybridized carbons (Fsp3) is 0.133. The fourth-order valence-corrected chi connectivity index (χ4v) is 2.56. The van der Waals surface area contributed by atoms with Crippen LogP contribution >= 0.6 is 11.8 Å². The zero-order chi connectivity index (χ0) is 14.5. The van der Waals surface area contributed by atoms with Crippen LogP contribution in [0.1, 0.15) is 11.3 Å². The minimum atomic E-state index is 0.573. The summed E-state index contributed by atoms with van der Waals surface area (Å²) in [4.78, 5) is 8.69. The van der Waals surface area contributed by atoms with Crippen molar-refractivity contribution in [1.29, 1.82) is 0 Å². The van der Waals surface area contributed by atoms with Crippen LogP contribution in [0, 0.1) is 6.92 Å². The van der Waals surface area contributed by atoms with Crippen LogP contribution in [0.15, 0.2) is 53.8 Å². The highest BCUT2D eigenvalue weighted by molar-refractivity contribution is 7.98. The average Bonchev–Trinajstić information content (AvgIpc) is 2.94. The van der Waals surface area contributed by atoms with Gasteiger partial charge in [0.25, 0.3) is 0 Å². The number of nitrogens with one attached hydrogen (secondary N) is 2. The highest BCUT2D eigenvalue weighted by atomic mass is 32.2. The molecule has 0 amide bonds. The van der Waals surface area contributed by atoms with Gasteiger partial charge in [-0.25, -0.2) is 0 Å². The van der Waals surface area contributed by atoms with Gasteiger partial charge < -0.3 is 5.32 Å². The van der Waals surface area contributed by atoms with E-state index in [1.165, 1.54) is 5.56 Å². The molecular weight excluding hydrogens is 282 g/mol. The number of aryl methyl sites for hydroxylation is 1. The summed E-state index contributed by atoms with van der Waals surface area (Å²) in [6, 6.07) is 14.0. The van der Waals surface area contributed by atoms with E-state index in [1.807, 2.05) is 30.3 Å². The van der Waals surface area contributed by atoms with E-state index in [1.54, 1.807) is 18.0 Å². The Kier molecular flexibility index (Phi) is 4.16. The molecule has 3 aromatic rings. The largest absolute Gasteiger partial charge is 0.323 e. The molecule has 0 fully saturated rings. The second kappa shape index (κ2) is 6.41. The quantitative estimate of drug-likeness (QED) is 0.705. The molecule has 0 saturated carbocycles. The minimum Gasteiger partial charge on any atom is -0.323 e. The van der Waals surface area contributed by atoms with Gasteiger partial charge in [0.05, 0.1) is 5.69 Å². The number of pyridine rings is 1. The van der Waals surface area contributed by atoms with Crippen molar-refractivity contribution in [3.63, 3.8) is 0 Å². The smallest absolute Gasteiger partial charge is 0.247 e. The number of benzene rings is 1. The van der Waals surface area contributed by atoms with Gasteiger partial charge in [-0.15, -0.1) is 5.10 Å². The van der Waals surface area contributed by atoms with E-state index >= 15 is 0 Å². The third-order valence-electron chi connectivity index (χ3n) is 2.82. The molecule has 1 aromatic carbocycles. The molecule has 5 nitrogen and oxygen atoms in total. The molecule has 2 N–H and O–H groups in total. The predicted octanol–water partition coefficient (Wildman–Crippen LogP) is 3.54. The second-order valence-corrected chi connectivity index (χ2v) is 5.53. The molecule has 0 aliphatic heterocycles. The summed E-state index contributed by atoms with van der Waals surface area (Å²) in [5.74, 6) is 1.34. The minimum absolute atomic E-state index is 0.573. The van der Waals surface area contributed by atoms with Crippen LogP contribution in [-0.2, 0) is 5.75 Å². The van der Waals surface area contributed by atoms with Gasteiger partial charge >= 0.3 is 0 Å². The highest BCUT2D eigenvalue weighted by Crippen LogP contribution is 2.20. The third-order valence-corrected chi connectivity index (χ3v) is 3.72. The Labute approximate surface area is 127 Å². The molecule has 0 spiro atoms. The lowest BCUT2D eigenvalue weighted by Gasteiger charge is -2.01. The zero-order valence-electron chi connectivity index (χ0n) is 11.6. The Morgan fingerprint density at radius 1 is 1.19 bits per heavy atom. The van der Waals surface area contributed by atoms with E-state index in [2.05, 4.69) is 44.5 Å². The van der Waals surface area contributed by atoms with Gasteiger partial charge in [-0.05, 0) is 36.8 Å². The molecule has 2 heterocycles. The molecule has 0 aliphatic rings. The maximum Gasteiger partial charge on any atom is 0.247 e. The van der Waals surface area contributed by atoms with Gasteiger partial charge in [0, 0.05) is 17.6 Å². The molecule has 21 heavy (non-hydrogen) atoms. The van der Waals surface area contributed by atoms with Crippen LogP contribution in [-0.4, -0.2) is 20.2 Å². The molecule has 0 bridgehead atoms. The molecule has 0 saturated heterocycles. The molecule has 0 aliphatic carbocycles. The number of aromatic nitrogens is 4. The first-order valence-corrected chi connectivity index (χ1v) is 7.57. The van der Waals surface area contributed by atoms with E-state index in [0.717, 1.165) is 22.3 Å². The lowest BCUT2D eigenvalue weighted by atomic mass is 10.2. The summed E-state index contributed by atoms with van der Waals surface area (Å²) in [5.41, 5.74) is 3.20. The first kappa shape index (κ1) is 13.6. The number of hydrogen-bond acceptors (Lipinski definition) is 5. The number of anilines is 2. The Morgan fingerprint density at radius 3 is 2.95 bits per heavy atom. The predicted molar refractivity (Wildman–Crippen MR) is 84.6 cm³/mol. The highest BCUT2D eigenvalue weighted by Gasteiger charge is 2.05. The molecule has 2 aromatic heterocycles. The maximum absolute atomic E-state index is 4.41. The summed E-state index contributed by atoms with van der Waals surface area (Å²) in [5, 5.41) is 11.0. The summed E-state index contributed by atoms with van der Waals surface area (Å²) >= 11 is 1.58. The van der Waals surface area contributed by atoms with E-state index in [0.29, 0.717) is 5.95 Å². The van der Waals surface area contributed by atoms with Gasteiger partial charge in [-0.2, -0.15) is 4.98 Å². The Bertz CT molecular complexity index is 711. The standard InChI is InChI=1S/C15H15N5S/c1-11-5-4-7-12(9-11)17-14-18-15(20-19-14)21-10-13-6-2-3-8-16-13/h2-9H,10H2,1H3,(H2,17,18,19,20). The molecule has 0 radical (unpaired) electrons. The van der Waals surface area contributed by atoms with Crippen molar-refractivity contribution in [1.82, 2.24) is 20.2 Å². The van der Waals surface area contributed by atoms with Crippen LogP contribution in [0.2, 0.25) is 0 Å². The molecule has 6 heteroatoms. The molecule has 0 atom stereocenters. The van der Waals surface area contributed by atoms with Crippen LogP contribution in [0.25, 0.3) is 0 Å². The van der Waals surface area contributed by atoms with Crippen molar-refractivity contribution in [3.8, 4) is 0 Å². The summed E-state index contributed by atoms with van der Waals surface area (Å²) in [7, 11) is 0. The van der Waals surface area contributed by atoms with Crippen LogP contribution in [0.3, 0.4) is 0 Å². The van der Waals surface area contributed by atoms with Gasteiger partial charge in [0.2, 0.25) is 5.95 Å². The number of hydrogen-bond donors (Lipinski definition) is 2. The van der Waals surface area contributed by atoms with Crippen molar-refractivity contribution in [2.45, 2.75) is 17.8 Å². The van der Waals surface area contributed by atoms with E-state index in [4.69, 9.17) is 0 Å². The van der Waals surface area contributed by atoms with Crippen molar-refractivity contribution in [3.05, 3.63) is 59.9 Å². The van der Waals surface area contributed by atoms with E-state index in [9.17, 15) is 0 Å². The Hall–Kier alpha value is -2.34. The summed E-state index contributed by atoms with van der Waals surface area (Å²) in [6.07, 6.45) is 1.79. The second-order valence-electron chi connectivity index (χ2n) is 4.57. The lowest BCUT2D eigenvalue weighted by molar-refractivity contribution is 0.971. The van der Waals surface area contributed by atoms with Crippen LogP contribution in [0.5, 0.6) is 0 Å². The Morgan fingerprint density at radius 2 is 2.14 bits per heavy atom. The Balaban J connectivity index is 1.61. The lowest BCUT2D eigenvalue weighted by Crippen LogP contribution is -1.92. The fourth-order valence-electron chi connectivity index (χ4n) is 1.85. The average molecular weight is 297 g/mol. The van der Waals surface area contributed by atoms with Gasteiger partial charge in [0.1, 0.15) is 0 Å². The molecule has 106 valence electrons. The summed E-state index contributed by atoms with van der Waals surface area (Å²) in [6.45, 7) is 2.05. The monoisotopic (exact) mass is 297 g/mol. The maximum atomic E-state index is 4.41. The van der Waals surface area contributed by atoms with Gasteiger partial charge in [0.15, 0.2) is 5.16 Å². The van der Waals surface area contributed by atoms with Crippen LogP contribution < -0.4 is 5.32 Å². The van der Waals surface area contributed by atoms with Crippen LogP contribution in [0.4, 0.5) is 11.6 Å². The van der Waals surface area contributed by atoms with E-state index in [-0.39, 0.29) is 0 Å². The van der Waals surface area contributed by atoms with E-state index < -0.39 is 0 Å². The topological polar surface area (TPSA) is 66.5 Å². The van der Waals surface area contributed by atoms with Crippen molar-refractivity contribution >= 4 is 23.4 Å². The first-order chi connectivity index (χ1) is 10.3. The van der Waals surface area contributed by atoms with Crippen molar-refractivity contribution in [2.24, 2.45) is 0 Å². The van der Waals surface area contributed by atoms with Crippen molar-refractivity contribution in [2.75, 3.05) is 5.32 Å². The molecule has 0 unspecified atom stereocenters. The van der Waals surface area contributed by atoms with Gasteiger partial charge in [-0.1, -0.05) is 30.0 Å². The number of aromatic amines is 1. The first-order valence-electron chi connectivity index (χ1n) is 6.58. The number of thioether (sulfide) groups is 1. The molecular formula is C15H15N5S. The zero-order valence-corrected chi connectivity index (χ0v) is 12.4. The van der Waals surface area contributed by atoms with Crippen molar-refractivity contribution < 1.29 is 0 Å². The number of H-pyrrole nitrogens is 1. The number of rotatable bonds is 5. The third kappa shape index (κ3) is 3.82.